The van der Waals surface area contributed by atoms with Crippen LogP contribution in [-0.2, 0) is 6.54 Å². The third-order valence-corrected chi connectivity index (χ3v) is 2.89. The second kappa shape index (κ2) is 6.88. The standard InChI is InChI=1S/C14H15F2N3O3/c1-3-19-10(6-7-17-19)13(20)18-9-4-5-11(22-14(15)16)12(8-9)21-2/h4-8,14H,3H2,1-2H3,(H,18,20). The van der Waals surface area contributed by atoms with Gasteiger partial charge in [0.25, 0.3) is 5.91 Å². The van der Waals surface area contributed by atoms with E-state index < -0.39 is 6.61 Å². The number of alkyl halides is 2. The maximum atomic E-state index is 12.3. The molecule has 0 unspecified atom stereocenters. The summed E-state index contributed by atoms with van der Waals surface area (Å²) in [7, 11) is 1.32. The Labute approximate surface area is 125 Å². The van der Waals surface area contributed by atoms with E-state index in [9.17, 15) is 13.6 Å². The van der Waals surface area contributed by atoms with Crippen LogP contribution in [0, 0.1) is 0 Å². The molecule has 2 rings (SSSR count). The summed E-state index contributed by atoms with van der Waals surface area (Å²) >= 11 is 0. The van der Waals surface area contributed by atoms with Crippen molar-refractivity contribution >= 4 is 11.6 Å². The van der Waals surface area contributed by atoms with Crippen LogP contribution in [-0.4, -0.2) is 29.4 Å². The van der Waals surface area contributed by atoms with Gasteiger partial charge in [0, 0.05) is 24.5 Å². The Morgan fingerprint density at radius 3 is 2.77 bits per heavy atom. The monoisotopic (exact) mass is 311 g/mol. The summed E-state index contributed by atoms with van der Waals surface area (Å²) in [6.07, 6.45) is 1.53. The van der Waals surface area contributed by atoms with Gasteiger partial charge in [0.15, 0.2) is 11.5 Å². The number of anilines is 1. The molecule has 1 N–H and O–H groups in total. The average molecular weight is 311 g/mol. The number of hydrogen-bond donors (Lipinski definition) is 1. The first-order valence-electron chi connectivity index (χ1n) is 6.51. The molecule has 1 aromatic carbocycles. The molecule has 2 aromatic rings. The number of aromatic nitrogens is 2. The number of nitrogens with one attached hydrogen (secondary N) is 1. The van der Waals surface area contributed by atoms with E-state index in [4.69, 9.17) is 4.74 Å². The van der Waals surface area contributed by atoms with Gasteiger partial charge in [0.1, 0.15) is 5.69 Å². The molecule has 0 saturated carbocycles. The third-order valence-electron chi connectivity index (χ3n) is 2.89. The first-order chi connectivity index (χ1) is 10.5. The van der Waals surface area contributed by atoms with Crippen LogP contribution in [0.1, 0.15) is 17.4 Å². The highest BCUT2D eigenvalue weighted by Gasteiger charge is 2.14. The average Bonchev–Trinajstić information content (AvgIpc) is 2.96. The maximum Gasteiger partial charge on any atom is 0.387 e. The minimum absolute atomic E-state index is 0.0992. The molecule has 1 heterocycles. The zero-order valence-electron chi connectivity index (χ0n) is 12.0. The van der Waals surface area contributed by atoms with E-state index >= 15 is 0 Å². The summed E-state index contributed by atoms with van der Waals surface area (Å²) < 4.78 is 35.4. The smallest absolute Gasteiger partial charge is 0.387 e. The fraction of sp³-hybridized carbons (Fsp3) is 0.286. The van der Waals surface area contributed by atoms with Crippen LogP contribution in [0.5, 0.6) is 11.5 Å². The van der Waals surface area contributed by atoms with Gasteiger partial charge in [0.05, 0.1) is 7.11 Å². The molecule has 1 amide bonds. The number of ether oxygens (including phenoxy) is 2. The molecule has 8 heteroatoms. The SMILES string of the molecule is CCn1nccc1C(=O)Nc1ccc(OC(F)F)c(OC)c1. The predicted octanol–water partition coefficient (Wildman–Crippen LogP) is 2.77. The first-order valence-corrected chi connectivity index (χ1v) is 6.51. The molecule has 6 nitrogen and oxygen atoms in total. The van der Waals surface area contributed by atoms with E-state index in [-0.39, 0.29) is 17.4 Å². The number of carbonyl (C=O) groups is 1. The summed E-state index contributed by atoms with van der Waals surface area (Å²) in [5.74, 6) is -0.361. The Hall–Kier alpha value is -2.64. The molecular weight excluding hydrogens is 296 g/mol. The minimum atomic E-state index is -2.95. The number of hydrogen-bond acceptors (Lipinski definition) is 4. The third kappa shape index (κ3) is 3.51. The van der Waals surface area contributed by atoms with Crippen LogP contribution in [0.4, 0.5) is 14.5 Å². The van der Waals surface area contributed by atoms with Gasteiger partial charge in [-0.05, 0) is 25.1 Å². The Bertz CT molecular complexity index is 659. The molecule has 0 saturated heterocycles. The lowest BCUT2D eigenvalue weighted by Gasteiger charge is -2.12. The number of nitrogens with zero attached hydrogens (tertiary/aromatic N) is 2. The molecule has 22 heavy (non-hydrogen) atoms. The van der Waals surface area contributed by atoms with Gasteiger partial charge >= 0.3 is 6.61 Å². The summed E-state index contributed by atoms with van der Waals surface area (Å²) in [6.45, 7) is -0.531. The molecule has 0 aliphatic rings. The quantitative estimate of drug-likeness (QED) is 0.891. The molecule has 0 radical (unpaired) electrons. The van der Waals surface area contributed by atoms with Crippen molar-refractivity contribution in [2.75, 3.05) is 12.4 Å². The molecular formula is C14H15F2N3O3. The Morgan fingerprint density at radius 1 is 1.36 bits per heavy atom. The van der Waals surface area contributed by atoms with Crippen LogP contribution in [0.15, 0.2) is 30.5 Å². The molecule has 0 spiro atoms. The molecule has 118 valence electrons. The number of carbonyl (C=O) groups excluding carboxylic acids is 1. The number of benzene rings is 1. The van der Waals surface area contributed by atoms with Crippen LogP contribution in [0.3, 0.4) is 0 Å². The van der Waals surface area contributed by atoms with Crippen molar-refractivity contribution in [2.24, 2.45) is 0 Å². The summed E-state index contributed by atoms with van der Waals surface area (Å²) in [5, 5.41) is 6.66. The Kier molecular flexibility index (Phi) is 4.92. The number of aryl methyl sites for hydroxylation is 1. The maximum absolute atomic E-state index is 12.3. The molecule has 0 bridgehead atoms. The fourth-order valence-electron chi connectivity index (χ4n) is 1.91. The second-order valence-electron chi connectivity index (χ2n) is 4.23. The number of halogens is 2. The predicted molar refractivity (Wildman–Crippen MR) is 75.5 cm³/mol. The number of amides is 1. The van der Waals surface area contributed by atoms with E-state index in [0.29, 0.717) is 17.9 Å². The lowest BCUT2D eigenvalue weighted by molar-refractivity contribution is -0.0512. The van der Waals surface area contributed by atoms with E-state index in [1.807, 2.05) is 6.92 Å². The Balaban J connectivity index is 2.18. The number of methoxy groups -OCH3 is 1. The van der Waals surface area contributed by atoms with E-state index in [1.54, 1.807) is 10.7 Å². The van der Waals surface area contributed by atoms with E-state index in [1.165, 1.54) is 31.5 Å². The zero-order valence-corrected chi connectivity index (χ0v) is 12.0. The van der Waals surface area contributed by atoms with Gasteiger partial charge in [-0.25, -0.2) is 0 Å². The highest BCUT2D eigenvalue weighted by Crippen LogP contribution is 2.31. The highest BCUT2D eigenvalue weighted by molar-refractivity contribution is 6.03. The molecule has 0 aliphatic heterocycles. The van der Waals surface area contributed by atoms with Crippen LogP contribution >= 0.6 is 0 Å². The van der Waals surface area contributed by atoms with Crippen molar-refractivity contribution < 1.29 is 23.0 Å². The normalized spacial score (nSPS) is 10.6. The van der Waals surface area contributed by atoms with Gasteiger partial charge in [0.2, 0.25) is 0 Å². The summed E-state index contributed by atoms with van der Waals surface area (Å²) in [4.78, 5) is 12.2. The minimum Gasteiger partial charge on any atom is -0.493 e. The zero-order chi connectivity index (χ0) is 16.1. The van der Waals surface area contributed by atoms with Crippen LogP contribution < -0.4 is 14.8 Å². The van der Waals surface area contributed by atoms with Crippen molar-refractivity contribution in [3.05, 3.63) is 36.2 Å². The topological polar surface area (TPSA) is 65.4 Å². The van der Waals surface area contributed by atoms with Gasteiger partial charge in [-0.15, -0.1) is 0 Å². The van der Waals surface area contributed by atoms with Crippen molar-refractivity contribution in [1.29, 1.82) is 0 Å². The van der Waals surface area contributed by atoms with Crippen molar-refractivity contribution in [3.63, 3.8) is 0 Å². The lowest BCUT2D eigenvalue weighted by atomic mass is 10.2. The van der Waals surface area contributed by atoms with Crippen molar-refractivity contribution in [2.45, 2.75) is 20.1 Å². The first kappa shape index (κ1) is 15.7. The van der Waals surface area contributed by atoms with Crippen LogP contribution in [0.25, 0.3) is 0 Å². The lowest BCUT2D eigenvalue weighted by Crippen LogP contribution is -2.17. The van der Waals surface area contributed by atoms with Gasteiger partial charge in [-0.3, -0.25) is 9.48 Å². The van der Waals surface area contributed by atoms with Crippen LogP contribution in [0.2, 0.25) is 0 Å². The fourth-order valence-corrected chi connectivity index (χ4v) is 1.91. The van der Waals surface area contributed by atoms with Crippen molar-refractivity contribution in [1.82, 2.24) is 9.78 Å². The number of rotatable bonds is 6. The largest absolute Gasteiger partial charge is 0.493 e. The Morgan fingerprint density at radius 2 is 2.14 bits per heavy atom. The van der Waals surface area contributed by atoms with Crippen molar-refractivity contribution in [3.8, 4) is 11.5 Å². The van der Waals surface area contributed by atoms with Gasteiger partial charge in [-0.1, -0.05) is 0 Å². The molecule has 0 fully saturated rings. The van der Waals surface area contributed by atoms with E-state index in [2.05, 4.69) is 15.2 Å². The van der Waals surface area contributed by atoms with Gasteiger partial charge in [-0.2, -0.15) is 13.9 Å². The molecule has 0 aliphatic carbocycles. The highest BCUT2D eigenvalue weighted by atomic mass is 19.3. The van der Waals surface area contributed by atoms with Gasteiger partial charge < -0.3 is 14.8 Å². The summed E-state index contributed by atoms with van der Waals surface area (Å²) in [5.41, 5.74) is 0.793. The molecule has 0 atom stereocenters. The second-order valence-corrected chi connectivity index (χ2v) is 4.23. The van der Waals surface area contributed by atoms with E-state index in [0.717, 1.165) is 0 Å². The summed E-state index contributed by atoms with van der Waals surface area (Å²) in [6, 6.07) is 5.75. The molecule has 1 aromatic heterocycles.